The molecule has 0 fully saturated rings. The highest BCUT2D eigenvalue weighted by atomic mass is 35.5. The second-order valence-corrected chi connectivity index (χ2v) is 4.07. The van der Waals surface area contributed by atoms with Gasteiger partial charge < -0.3 is 4.99 Å². The van der Waals surface area contributed by atoms with E-state index in [4.69, 9.17) is 11.6 Å². The van der Waals surface area contributed by atoms with E-state index in [1.165, 1.54) is 0 Å². The zero-order valence-corrected chi connectivity index (χ0v) is 7.78. The number of rotatable bonds is 4. The third-order valence-corrected chi connectivity index (χ3v) is 1.48. The quantitative estimate of drug-likeness (QED) is 0.342. The van der Waals surface area contributed by atoms with E-state index < -0.39 is 0 Å². The summed E-state index contributed by atoms with van der Waals surface area (Å²) in [6.45, 7) is 4.08. The maximum absolute atomic E-state index is 5.97. The summed E-state index contributed by atoms with van der Waals surface area (Å²) in [5, 5.41) is 0. The Morgan fingerprint density at radius 1 is 1.50 bits per heavy atom. The smallest absolute Gasteiger partial charge is 0.0390 e. The Balaban J connectivity index is 3.20. The molecule has 0 N–H and O–H groups in total. The van der Waals surface area contributed by atoms with E-state index in [0.29, 0.717) is 0 Å². The normalized spacial score (nSPS) is 12.8. The average Bonchev–Trinajstić information content (AvgIpc) is 1.78. The van der Waals surface area contributed by atoms with Crippen molar-refractivity contribution in [3.63, 3.8) is 0 Å². The summed E-state index contributed by atoms with van der Waals surface area (Å²) in [6, 6.07) is 0. The fourth-order valence-electron chi connectivity index (χ4n) is 0.743. The molecule has 0 spiro atoms. The third-order valence-electron chi connectivity index (χ3n) is 1.29. The van der Waals surface area contributed by atoms with E-state index in [1.54, 1.807) is 7.05 Å². The minimum Gasteiger partial charge on any atom is -0.301 e. The monoisotopic (exact) mass is 161 g/mol. The summed E-state index contributed by atoms with van der Waals surface area (Å²) in [5.74, 6) is 0. The third kappa shape index (κ3) is 7.96. The van der Waals surface area contributed by atoms with Crippen LogP contribution in [0.1, 0.15) is 33.1 Å². The predicted octanol–water partition coefficient (Wildman–Crippen LogP) is 2.87. The number of halogens is 1. The summed E-state index contributed by atoms with van der Waals surface area (Å²) >= 11 is 5.97. The molecule has 0 aliphatic heterocycles. The van der Waals surface area contributed by atoms with Gasteiger partial charge in [0.15, 0.2) is 0 Å². The van der Waals surface area contributed by atoms with Crippen LogP contribution in [0.2, 0.25) is 0 Å². The molecule has 0 bridgehead atoms. The number of unbranched alkanes of at least 4 members (excludes halogenated alkanes) is 1. The molecule has 0 heterocycles. The molecule has 0 aromatic heterocycles. The first-order valence-electron chi connectivity index (χ1n) is 3.66. The summed E-state index contributed by atoms with van der Waals surface area (Å²) in [6.07, 6.45) is 5.17. The van der Waals surface area contributed by atoms with Crippen molar-refractivity contribution in [2.75, 3.05) is 7.05 Å². The summed E-state index contributed by atoms with van der Waals surface area (Å²) < 4.78 is 0. The standard InChI is InChI=1S/C8H16ClN/c1-8(2,9)6-4-5-7-10-3/h7H,4-6H2,1-3H3. The molecule has 0 rings (SSSR count). The molecule has 1 nitrogen and oxygen atoms in total. The van der Waals surface area contributed by atoms with Crippen LogP contribution in [0.3, 0.4) is 0 Å². The van der Waals surface area contributed by atoms with E-state index in [-0.39, 0.29) is 4.87 Å². The molecule has 0 aliphatic carbocycles. The molecule has 0 aromatic rings. The summed E-state index contributed by atoms with van der Waals surface area (Å²) in [4.78, 5) is 3.85. The van der Waals surface area contributed by atoms with E-state index >= 15 is 0 Å². The maximum atomic E-state index is 5.97. The summed E-state index contributed by atoms with van der Waals surface area (Å²) in [7, 11) is 1.80. The van der Waals surface area contributed by atoms with Gasteiger partial charge in [-0.15, -0.1) is 11.6 Å². The first-order valence-corrected chi connectivity index (χ1v) is 4.03. The van der Waals surface area contributed by atoms with Crippen LogP contribution < -0.4 is 0 Å². The lowest BCUT2D eigenvalue weighted by atomic mass is 10.1. The molecule has 0 aromatic carbocycles. The highest BCUT2D eigenvalue weighted by Crippen LogP contribution is 2.19. The first kappa shape index (κ1) is 9.96. The van der Waals surface area contributed by atoms with Crippen LogP contribution in [-0.4, -0.2) is 18.1 Å². The van der Waals surface area contributed by atoms with E-state index in [9.17, 15) is 0 Å². The fourth-order valence-corrected chi connectivity index (χ4v) is 0.876. The SMILES string of the molecule is CN=CCCCC(C)(C)Cl. The Bertz CT molecular complexity index is 102. The number of aliphatic imine (C=N–C) groups is 1. The Labute approximate surface area is 68.5 Å². The average molecular weight is 162 g/mol. The van der Waals surface area contributed by atoms with Gasteiger partial charge in [0.2, 0.25) is 0 Å². The van der Waals surface area contributed by atoms with Crippen molar-refractivity contribution in [2.24, 2.45) is 4.99 Å². The lowest BCUT2D eigenvalue weighted by Crippen LogP contribution is -2.08. The van der Waals surface area contributed by atoms with Crippen LogP contribution in [0.4, 0.5) is 0 Å². The molecular formula is C8H16ClN. The van der Waals surface area contributed by atoms with E-state index in [0.717, 1.165) is 19.3 Å². The van der Waals surface area contributed by atoms with Crippen LogP contribution in [0.5, 0.6) is 0 Å². The molecule has 0 unspecified atom stereocenters. The van der Waals surface area contributed by atoms with Crippen molar-refractivity contribution in [2.45, 2.75) is 38.0 Å². The van der Waals surface area contributed by atoms with Crippen molar-refractivity contribution >= 4 is 17.8 Å². The van der Waals surface area contributed by atoms with E-state index in [2.05, 4.69) is 4.99 Å². The van der Waals surface area contributed by atoms with Gasteiger partial charge in [-0.2, -0.15) is 0 Å². The van der Waals surface area contributed by atoms with Gasteiger partial charge in [-0.05, 0) is 39.3 Å². The minimum absolute atomic E-state index is 0.0401. The van der Waals surface area contributed by atoms with Gasteiger partial charge in [0, 0.05) is 11.9 Å². The molecular weight excluding hydrogens is 146 g/mol. The van der Waals surface area contributed by atoms with Crippen LogP contribution in [0.15, 0.2) is 4.99 Å². The number of alkyl halides is 1. The Hall–Kier alpha value is -0.0400. The molecule has 0 amide bonds. The Morgan fingerprint density at radius 3 is 2.50 bits per heavy atom. The Morgan fingerprint density at radius 2 is 2.10 bits per heavy atom. The van der Waals surface area contributed by atoms with Gasteiger partial charge in [0.1, 0.15) is 0 Å². The van der Waals surface area contributed by atoms with Crippen molar-refractivity contribution < 1.29 is 0 Å². The van der Waals surface area contributed by atoms with Gasteiger partial charge in [-0.1, -0.05) is 0 Å². The molecule has 0 atom stereocenters. The van der Waals surface area contributed by atoms with Gasteiger partial charge in [0.25, 0.3) is 0 Å². The minimum atomic E-state index is -0.0401. The molecule has 2 heteroatoms. The van der Waals surface area contributed by atoms with Gasteiger partial charge in [-0.25, -0.2) is 0 Å². The molecule has 0 aliphatic rings. The lowest BCUT2D eigenvalue weighted by molar-refractivity contribution is 0.604. The highest BCUT2D eigenvalue weighted by Gasteiger charge is 2.10. The van der Waals surface area contributed by atoms with Crippen molar-refractivity contribution in [1.82, 2.24) is 0 Å². The van der Waals surface area contributed by atoms with Crippen LogP contribution in [0, 0.1) is 0 Å². The number of hydrogen-bond donors (Lipinski definition) is 0. The molecule has 0 saturated carbocycles. The first-order chi connectivity index (χ1) is 4.56. The second kappa shape index (κ2) is 4.73. The second-order valence-electron chi connectivity index (χ2n) is 3.05. The van der Waals surface area contributed by atoms with Crippen LogP contribution >= 0.6 is 11.6 Å². The molecule has 10 heavy (non-hydrogen) atoms. The molecule has 0 radical (unpaired) electrons. The molecule has 60 valence electrons. The maximum Gasteiger partial charge on any atom is 0.0390 e. The number of hydrogen-bond acceptors (Lipinski definition) is 1. The highest BCUT2D eigenvalue weighted by molar-refractivity contribution is 6.23. The topological polar surface area (TPSA) is 12.4 Å². The van der Waals surface area contributed by atoms with Crippen molar-refractivity contribution in [3.8, 4) is 0 Å². The lowest BCUT2D eigenvalue weighted by Gasteiger charge is -2.13. The van der Waals surface area contributed by atoms with Crippen LogP contribution in [0.25, 0.3) is 0 Å². The van der Waals surface area contributed by atoms with Crippen molar-refractivity contribution in [3.05, 3.63) is 0 Å². The van der Waals surface area contributed by atoms with Crippen molar-refractivity contribution in [1.29, 1.82) is 0 Å². The van der Waals surface area contributed by atoms with Gasteiger partial charge in [-0.3, -0.25) is 0 Å². The fraction of sp³-hybridized carbons (Fsp3) is 0.875. The predicted molar refractivity (Wildman–Crippen MR) is 48.2 cm³/mol. The van der Waals surface area contributed by atoms with E-state index in [1.807, 2.05) is 20.1 Å². The summed E-state index contributed by atoms with van der Waals surface area (Å²) in [5.41, 5.74) is 0. The molecule has 0 saturated heterocycles. The number of nitrogens with zero attached hydrogens (tertiary/aromatic N) is 1. The van der Waals surface area contributed by atoms with Crippen LogP contribution in [-0.2, 0) is 0 Å². The largest absolute Gasteiger partial charge is 0.301 e. The van der Waals surface area contributed by atoms with Gasteiger partial charge >= 0.3 is 0 Å². The zero-order valence-electron chi connectivity index (χ0n) is 7.02. The zero-order chi connectivity index (χ0) is 8.04. The van der Waals surface area contributed by atoms with Gasteiger partial charge in [0.05, 0.1) is 0 Å². The Kier molecular flexibility index (Phi) is 4.71.